The molecular formula is C29H42S3. The summed E-state index contributed by atoms with van der Waals surface area (Å²) >= 11 is 6.16. The van der Waals surface area contributed by atoms with Gasteiger partial charge in [0.2, 0.25) is 0 Å². The molecule has 0 N–H and O–H groups in total. The SMILES string of the molecule is CC.CCCCc1csc(-c2sc(-c3scc4c3CCC4)c(CC)c2CCCC)c1CC. The van der Waals surface area contributed by atoms with Crippen LogP contribution in [-0.4, -0.2) is 0 Å². The van der Waals surface area contributed by atoms with Gasteiger partial charge in [0, 0.05) is 19.5 Å². The summed E-state index contributed by atoms with van der Waals surface area (Å²) in [7, 11) is 0. The Kier molecular flexibility index (Phi) is 10.1. The number of hydrogen-bond acceptors (Lipinski definition) is 3. The maximum Gasteiger partial charge on any atom is 0.0487 e. The Morgan fingerprint density at radius 3 is 2.03 bits per heavy atom. The normalized spacial score (nSPS) is 12.7. The monoisotopic (exact) mass is 486 g/mol. The van der Waals surface area contributed by atoms with Gasteiger partial charge in [-0.15, -0.1) is 34.0 Å². The Hall–Kier alpha value is -0.900. The Labute approximate surface area is 209 Å². The van der Waals surface area contributed by atoms with Crippen molar-refractivity contribution in [3.05, 3.63) is 44.1 Å². The first kappa shape index (κ1) is 25.7. The highest BCUT2D eigenvalue weighted by Crippen LogP contribution is 2.50. The lowest BCUT2D eigenvalue weighted by molar-refractivity contribution is 0.789. The summed E-state index contributed by atoms with van der Waals surface area (Å²) in [6.07, 6.45) is 13.9. The van der Waals surface area contributed by atoms with Crippen LogP contribution in [-0.2, 0) is 38.5 Å². The zero-order chi connectivity index (χ0) is 23.1. The highest BCUT2D eigenvalue weighted by atomic mass is 32.1. The fourth-order valence-electron chi connectivity index (χ4n) is 4.98. The van der Waals surface area contributed by atoms with Crippen LogP contribution >= 0.6 is 34.0 Å². The summed E-state index contributed by atoms with van der Waals surface area (Å²) in [5, 5.41) is 4.93. The van der Waals surface area contributed by atoms with E-state index in [9.17, 15) is 0 Å². The number of fused-ring (bicyclic) bond motifs is 1. The van der Waals surface area contributed by atoms with Gasteiger partial charge in [0.15, 0.2) is 0 Å². The fourth-order valence-corrected chi connectivity index (χ4v) is 9.19. The van der Waals surface area contributed by atoms with Crippen molar-refractivity contribution in [2.75, 3.05) is 0 Å². The van der Waals surface area contributed by atoms with E-state index in [0.717, 1.165) is 12.8 Å². The van der Waals surface area contributed by atoms with E-state index in [4.69, 9.17) is 0 Å². The highest BCUT2D eigenvalue weighted by Gasteiger charge is 2.26. The second-order valence-corrected chi connectivity index (χ2v) is 11.4. The van der Waals surface area contributed by atoms with Crippen LogP contribution < -0.4 is 0 Å². The average molecular weight is 487 g/mol. The third-order valence-electron chi connectivity index (χ3n) is 6.65. The first-order valence-corrected chi connectivity index (χ1v) is 15.6. The molecule has 0 saturated carbocycles. The summed E-state index contributed by atoms with van der Waals surface area (Å²) in [6, 6.07) is 0. The van der Waals surface area contributed by atoms with E-state index in [1.165, 1.54) is 57.8 Å². The van der Waals surface area contributed by atoms with Crippen LogP contribution in [0.4, 0.5) is 0 Å². The molecular weight excluding hydrogens is 445 g/mol. The third kappa shape index (κ3) is 5.10. The lowest BCUT2D eigenvalue weighted by Gasteiger charge is -2.09. The minimum absolute atomic E-state index is 1.16. The Balaban J connectivity index is 0.00000141. The zero-order valence-corrected chi connectivity index (χ0v) is 23.6. The van der Waals surface area contributed by atoms with Crippen LogP contribution in [0.3, 0.4) is 0 Å². The summed E-state index contributed by atoms with van der Waals surface area (Å²) < 4.78 is 0. The van der Waals surface area contributed by atoms with Gasteiger partial charge in [-0.1, -0.05) is 54.4 Å². The van der Waals surface area contributed by atoms with E-state index in [0.29, 0.717) is 0 Å². The molecule has 0 nitrogen and oxygen atoms in total. The van der Waals surface area contributed by atoms with Crippen LogP contribution in [0.2, 0.25) is 0 Å². The summed E-state index contributed by atoms with van der Waals surface area (Å²) in [5.41, 5.74) is 9.90. The van der Waals surface area contributed by atoms with E-state index in [1.807, 2.05) is 36.5 Å². The van der Waals surface area contributed by atoms with Crippen LogP contribution in [0, 0.1) is 0 Å². The lowest BCUT2D eigenvalue weighted by atomic mass is 9.96. The minimum Gasteiger partial charge on any atom is -0.142 e. The summed E-state index contributed by atoms with van der Waals surface area (Å²) in [6.45, 7) is 13.4. The first-order chi connectivity index (χ1) is 15.7. The van der Waals surface area contributed by atoms with Crippen molar-refractivity contribution in [3.8, 4) is 19.5 Å². The third-order valence-corrected chi connectivity index (χ3v) is 10.4. The minimum atomic E-state index is 1.16. The van der Waals surface area contributed by atoms with Gasteiger partial charge < -0.3 is 0 Å². The Morgan fingerprint density at radius 2 is 1.34 bits per heavy atom. The molecule has 0 aliphatic heterocycles. The van der Waals surface area contributed by atoms with Crippen LogP contribution in [0.25, 0.3) is 19.5 Å². The molecule has 0 saturated heterocycles. The summed E-state index contributed by atoms with van der Waals surface area (Å²) in [5.74, 6) is 0. The number of unbranched alkanes of at least 4 members (excludes halogenated alkanes) is 2. The predicted octanol–water partition coefficient (Wildman–Crippen LogP) is 10.5. The molecule has 3 heteroatoms. The Bertz CT molecular complexity index is 983. The molecule has 3 heterocycles. The maximum atomic E-state index is 2.47. The molecule has 0 bridgehead atoms. The van der Waals surface area contributed by atoms with E-state index in [1.54, 1.807) is 52.9 Å². The van der Waals surface area contributed by atoms with Gasteiger partial charge in [0.25, 0.3) is 0 Å². The van der Waals surface area contributed by atoms with Gasteiger partial charge in [0.1, 0.15) is 0 Å². The Morgan fingerprint density at radius 1 is 0.688 bits per heavy atom. The smallest absolute Gasteiger partial charge is 0.0487 e. The van der Waals surface area contributed by atoms with Gasteiger partial charge in [-0.3, -0.25) is 0 Å². The van der Waals surface area contributed by atoms with E-state index >= 15 is 0 Å². The van der Waals surface area contributed by atoms with Gasteiger partial charge in [-0.05, 0) is 102 Å². The van der Waals surface area contributed by atoms with Crippen molar-refractivity contribution < 1.29 is 0 Å². The molecule has 0 unspecified atom stereocenters. The maximum absolute atomic E-state index is 2.47. The molecule has 1 aliphatic carbocycles. The van der Waals surface area contributed by atoms with Crippen LogP contribution in [0.1, 0.15) is 107 Å². The molecule has 0 radical (unpaired) electrons. The predicted molar refractivity (Wildman–Crippen MR) is 150 cm³/mol. The van der Waals surface area contributed by atoms with Crippen LogP contribution in [0.15, 0.2) is 10.8 Å². The van der Waals surface area contributed by atoms with Crippen LogP contribution in [0.5, 0.6) is 0 Å². The molecule has 1 aliphatic rings. The molecule has 3 aromatic rings. The van der Waals surface area contributed by atoms with Crippen molar-refractivity contribution in [1.82, 2.24) is 0 Å². The van der Waals surface area contributed by atoms with E-state index in [2.05, 4.69) is 49.8 Å². The fraction of sp³-hybridized carbons (Fsp3) is 0.586. The molecule has 0 spiro atoms. The molecule has 176 valence electrons. The number of rotatable bonds is 10. The summed E-state index contributed by atoms with van der Waals surface area (Å²) in [4.78, 5) is 6.42. The highest BCUT2D eigenvalue weighted by molar-refractivity contribution is 7.26. The first-order valence-electron chi connectivity index (χ1n) is 13.1. The molecule has 4 rings (SSSR count). The number of aryl methyl sites for hydroxylation is 2. The van der Waals surface area contributed by atoms with Crippen molar-refractivity contribution in [3.63, 3.8) is 0 Å². The zero-order valence-electron chi connectivity index (χ0n) is 21.2. The average Bonchev–Trinajstić information content (AvgIpc) is 3.59. The van der Waals surface area contributed by atoms with Crippen molar-refractivity contribution in [2.24, 2.45) is 0 Å². The topological polar surface area (TPSA) is 0 Å². The van der Waals surface area contributed by atoms with Crippen molar-refractivity contribution in [2.45, 2.75) is 112 Å². The lowest BCUT2D eigenvalue weighted by Crippen LogP contribution is -1.94. The largest absolute Gasteiger partial charge is 0.142 e. The van der Waals surface area contributed by atoms with Crippen molar-refractivity contribution in [1.29, 1.82) is 0 Å². The van der Waals surface area contributed by atoms with E-state index < -0.39 is 0 Å². The quantitative estimate of drug-likeness (QED) is 0.267. The molecule has 0 aromatic carbocycles. The standard InChI is InChI=1S/C27H36S3.C2H6/c1-5-9-12-18-16-28-24(20(18)7-3)27-23(14-10-6-2)21(8-4)26(30-27)25-22-15-11-13-19(22)17-29-25;1-2/h16-17H,5-15H2,1-4H3;1-2H3. The molecule has 3 aromatic heterocycles. The van der Waals surface area contributed by atoms with Gasteiger partial charge >= 0.3 is 0 Å². The van der Waals surface area contributed by atoms with Gasteiger partial charge in [-0.25, -0.2) is 0 Å². The molecule has 0 amide bonds. The number of hydrogen-bond donors (Lipinski definition) is 0. The molecule has 0 atom stereocenters. The molecule has 32 heavy (non-hydrogen) atoms. The van der Waals surface area contributed by atoms with E-state index in [-0.39, 0.29) is 0 Å². The number of thiophene rings is 3. The van der Waals surface area contributed by atoms with Gasteiger partial charge in [-0.2, -0.15) is 0 Å². The molecule has 0 fully saturated rings. The van der Waals surface area contributed by atoms with Crippen molar-refractivity contribution >= 4 is 34.0 Å². The second-order valence-electron chi connectivity index (χ2n) is 8.62. The second kappa shape index (κ2) is 12.5. The van der Waals surface area contributed by atoms with Gasteiger partial charge in [0.05, 0.1) is 0 Å².